The van der Waals surface area contributed by atoms with Crippen molar-refractivity contribution in [3.63, 3.8) is 0 Å². The molecule has 1 N–H and O–H groups in total. The van der Waals surface area contributed by atoms with Crippen LogP contribution >= 0.6 is 0 Å². The molecule has 0 aromatic heterocycles. The minimum atomic E-state index is -0.552. The lowest BCUT2D eigenvalue weighted by Crippen LogP contribution is -2.38. The van der Waals surface area contributed by atoms with Gasteiger partial charge in [0, 0.05) is 31.7 Å². The Hall–Kier alpha value is -2.77. The van der Waals surface area contributed by atoms with E-state index in [1.165, 1.54) is 0 Å². The highest BCUT2D eigenvalue weighted by Crippen LogP contribution is 2.30. The maximum Gasteiger partial charge on any atom is 0.409 e. The predicted molar refractivity (Wildman–Crippen MR) is 94.3 cm³/mol. The van der Waals surface area contributed by atoms with Crippen molar-refractivity contribution in [2.45, 2.75) is 26.4 Å². The monoisotopic (exact) mass is 361 g/mol. The Morgan fingerprint density at radius 3 is 2.73 bits per heavy atom. The van der Waals surface area contributed by atoms with E-state index < -0.39 is 6.10 Å². The molecule has 1 saturated heterocycles. The quantitative estimate of drug-likeness (QED) is 0.866. The molecule has 1 fully saturated rings. The van der Waals surface area contributed by atoms with Crippen LogP contribution in [0.2, 0.25) is 0 Å². The lowest BCUT2D eigenvalue weighted by molar-refractivity contribution is -0.122. The van der Waals surface area contributed by atoms with Crippen molar-refractivity contribution in [3.05, 3.63) is 23.8 Å². The fourth-order valence-corrected chi connectivity index (χ4v) is 3.04. The third-order valence-electron chi connectivity index (χ3n) is 4.47. The van der Waals surface area contributed by atoms with Crippen LogP contribution in [0.1, 0.15) is 30.6 Å². The number of rotatable bonds is 2. The van der Waals surface area contributed by atoms with Crippen molar-refractivity contribution in [1.82, 2.24) is 9.80 Å². The van der Waals surface area contributed by atoms with Gasteiger partial charge in [0.2, 0.25) is 0 Å². The van der Waals surface area contributed by atoms with E-state index in [0.29, 0.717) is 56.2 Å². The minimum absolute atomic E-state index is 0.133. The van der Waals surface area contributed by atoms with Crippen LogP contribution in [0.25, 0.3) is 0 Å². The standard InChI is InChI=1S/C18H23N3O5/c1-3-25-18(24)21-8-4-7-20(9-10-21)17(23)13-5-6-15-14(11-13)19-16(22)12(2)26-15/h5-6,11-12H,3-4,7-10H2,1-2H3,(H,19,22). The van der Waals surface area contributed by atoms with Gasteiger partial charge in [0.25, 0.3) is 11.8 Å². The molecule has 0 spiro atoms. The highest BCUT2D eigenvalue weighted by Gasteiger charge is 2.27. The first-order valence-corrected chi connectivity index (χ1v) is 8.82. The minimum Gasteiger partial charge on any atom is -0.479 e. The number of amides is 3. The molecule has 1 aromatic carbocycles. The zero-order chi connectivity index (χ0) is 18.7. The van der Waals surface area contributed by atoms with E-state index in [2.05, 4.69) is 5.32 Å². The third kappa shape index (κ3) is 3.74. The molecule has 1 aromatic rings. The normalized spacial score (nSPS) is 19.8. The highest BCUT2D eigenvalue weighted by atomic mass is 16.6. The van der Waals surface area contributed by atoms with E-state index in [0.717, 1.165) is 0 Å². The first-order valence-electron chi connectivity index (χ1n) is 8.82. The summed E-state index contributed by atoms with van der Waals surface area (Å²) >= 11 is 0. The first kappa shape index (κ1) is 18.0. The maximum atomic E-state index is 12.8. The summed E-state index contributed by atoms with van der Waals surface area (Å²) in [4.78, 5) is 39.8. The lowest BCUT2D eigenvalue weighted by Gasteiger charge is -2.25. The number of hydrogen-bond acceptors (Lipinski definition) is 5. The Labute approximate surface area is 152 Å². The predicted octanol–water partition coefficient (Wildman–Crippen LogP) is 1.71. The van der Waals surface area contributed by atoms with Gasteiger partial charge in [-0.1, -0.05) is 0 Å². The molecule has 8 heteroatoms. The van der Waals surface area contributed by atoms with Gasteiger partial charge in [-0.05, 0) is 38.5 Å². The van der Waals surface area contributed by atoms with Crippen molar-refractivity contribution < 1.29 is 23.9 Å². The fourth-order valence-electron chi connectivity index (χ4n) is 3.04. The Morgan fingerprint density at radius 1 is 1.23 bits per heavy atom. The fraction of sp³-hybridized carbons (Fsp3) is 0.500. The topological polar surface area (TPSA) is 88.2 Å². The van der Waals surface area contributed by atoms with Crippen LogP contribution in [0.3, 0.4) is 0 Å². The number of nitrogens with one attached hydrogen (secondary N) is 1. The summed E-state index contributed by atoms with van der Waals surface area (Å²) < 4.78 is 10.5. The molecule has 2 aliphatic heterocycles. The number of ether oxygens (including phenoxy) is 2. The van der Waals surface area contributed by atoms with Crippen LogP contribution < -0.4 is 10.1 Å². The van der Waals surface area contributed by atoms with Gasteiger partial charge in [0.15, 0.2) is 6.10 Å². The smallest absolute Gasteiger partial charge is 0.409 e. The zero-order valence-electron chi connectivity index (χ0n) is 15.0. The molecule has 26 heavy (non-hydrogen) atoms. The largest absolute Gasteiger partial charge is 0.479 e. The summed E-state index contributed by atoms with van der Waals surface area (Å²) in [6.45, 7) is 5.77. The number of fused-ring (bicyclic) bond motifs is 1. The van der Waals surface area contributed by atoms with Crippen molar-refractivity contribution in [2.75, 3.05) is 38.1 Å². The van der Waals surface area contributed by atoms with E-state index in [4.69, 9.17) is 9.47 Å². The van der Waals surface area contributed by atoms with Crippen molar-refractivity contribution >= 4 is 23.6 Å². The number of benzene rings is 1. The summed E-state index contributed by atoms with van der Waals surface area (Å²) in [5.41, 5.74) is 0.980. The molecule has 140 valence electrons. The number of carbonyl (C=O) groups excluding carboxylic acids is 3. The Morgan fingerprint density at radius 2 is 1.96 bits per heavy atom. The van der Waals surface area contributed by atoms with Crippen LogP contribution in [0.4, 0.5) is 10.5 Å². The molecule has 2 heterocycles. The van der Waals surface area contributed by atoms with Gasteiger partial charge in [-0.15, -0.1) is 0 Å². The Balaban J connectivity index is 1.69. The summed E-state index contributed by atoms with van der Waals surface area (Å²) in [7, 11) is 0. The molecular formula is C18H23N3O5. The van der Waals surface area contributed by atoms with Gasteiger partial charge in [-0.2, -0.15) is 0 Å². The van der Waals surface area contributed by atoms with Gasteiger partial charge < -0.3 is 24.6 Å². The van der Waals surface area contributed by atoms with Gasteiger partial charge in [0.1, 0.15) is 5.75 Å². The average Bonchev–Trinajstić information content (AvgIpc) is 2.88. The summed E-state index contributed by atoms with van der Waals surface area (Å²) in [5, 5.41) is 2.75. The molecule has 1 unspecified atom stereocenters. The molecule has 3 amide bonds. The summed E-state index contributed by atoms with van der Waals surface area (Å²) in [6, 6.07) is 5.02. The summed E-state index contributed by atoms with van der Waals surface area (Å²) in [5.74, 6) is 0.186. The van der Waals surface area contributed by atoms with Gasteiger partial charge in [-0.3, -0.25) is 9.59 Å². The SMILES string of the molecule is CCOC(=O)N1CCCN(C(=O)c2ccc3c(c2)NC(=O)C(C)O3)CC1. The third-order valence-corrected chi connectivity index (χ3v) is 4.47. The molecule has 2 aliphatic rings. The van der Waals surface area contributed by atoms with E-state index in [9.17, 15) is 14.4 Å². The molecule has 0 aliphatic carbocycles. The molecule has 0 saturated carbocycles. The van der Waals surface area contributed by atoms with Crippen molar-refractivity contribution in [1.29, 1.82) is 0 Å². The van der Waals surface area contributed by atoms with Gasteiger partial charge in [0.05, 0.1) is 12.3 Å². The summed E-state index contributed by atoms with van der Waals surface area (Å²) in [6.07, 6.45) is -0.208. The number of nitrogens with zero attached hydrogens (tertiary/aromatic N) is 2. The number of hydrogen-bond donors (Lipinski definition) is 1. The van der Waals surface area contributed by atoms with Crippen LogP contribution in [0, 0.1) is 0 Å². The van der Waals surface area contributed by atoms with Crippen LogP contribution in [-0.2, 0) is 9.53 Å². The maximum absolute atomic E-state index is 12.8. The van der Waals surface area contributed by atoms with Gasteiger partial charge in [-0.25, -0.2) is 4.79 Å². The van der Waals surface area contributed by atoms with Gasteiger partial charge >= 0.3 is 6.09 Å². The van der Waals surface area contributed by atoms with E-state index in [1.54, 1.807) is 41.8 Å². The van der Waals surface area contributed by atoms with Crippen LogP contribution in [0.15, 0.2) is 18.2 Å². The second kappa shape index (κ2) is 7.63. The van der Waals surface area contributed by atoms with Crippen LogP contribution in [-0.4, -0.2) is 66.6 Å². The zero-order valence-corrected chi connectivity index (χ0v) is 15.0. The molecule has 0 bridgehead atoms. The number of carbonyl (C=O) groups is 3. The number of anilines is 1. The van der Waals surface area contributed by atoms with E-state index >= 15 is 0 Å². The van der Waals surface area contributed by atoms with Crippen LogP contribution in [0.5, 0.6) is 5.75 Å². The average molecular weight is 361 g/mol. The Bertz CT molecular complexity index is 721. The molecule has 3 rings (SSSR count). The van der Waals surface area contributed by atoms with Crippen molar-refractivity contribution in [2.24, 2.45) is 0 Å². The highest BCUT2D eigenvalue weighted by molar-refractivity contribution is 6.01. The second-order valence-corrected chi connectivity index (χ2v) is 6.29. The lowest BCUT2D eigenvalue weighted by atomic mass is 10.1. The van der Waals surface area contributed by atoms with E-state index in [-0.39, 0.29) is 17.9 Å². The van der Waals surface area contributed by atoms with E-state index in [1.807, 2.05) is 0 Å². The van der Waals surface area contributed by atoms with Crippen molar-refractivity contribution in [3.8, 4) is 5.75 Å². The molecule has 0 radical (unpaired) electrons. The Kier molecular flexibility index (Phi) is 5.29. The molecule has 1 atom stereocenters. The molecule has 8 nitrogen and oxygen atoms in total. The first-order chi connectivity index (χ1) is 12.5. The molecular weight excluding hydrogens is 338 g/mol. The second-order valence-electron chi connectivity index (χ2n) is 6.29.